The molecule has 1 aliphatic rings. The van der Waals surface area contributed by atoms with E-state index in [1.165, 1.54) is 0 Å². The van der Waals surface area contributed by atoms with Crippen LogP contribution in [0.15, 0.2) is 24.3 Å². The van der Waals surface area contributed by atoms with Gasteiger partial charge in [0, 0.05) is 13.0 Å². The maximum absolute atomic E-state index is 13.1. The maximum atomic E-state index is 13.1. The quantitative estimate of drug-likeness (QED) is 0.659. The minimum Gasteiger partial charge on any atom is -0.482 e. The summed E-state index contributed by atoms with van der Waals surface area (Å²) in [5.74, 6) is -3.12. The number of ether oxygens (including phenoxy) is 2. The van der Waals surface area contributed by atoms with Crippen LogP contribution in [0.2, 0.25) is 0 Å². The largest absolute Gasteiger partial charge is 0.482 e. The summed E-state index contributed by atoms with van der Waals surface area (Å²) in [6.07, 6.45) is 0.0956. The Hall–Kier alpha value is -1.93. The molecule has 1 saturated heterocycles. The molecule has 9 heteroatoms. The van der Waals surface area contributed by atoms with Gasteiger partial charge in [-0.2, -0.15) is 0 Å². The third kappa shape index (κ3) is 7.13. The molecule has 0 radical (unpaired) electrons. The molecule has 26 heavy (non-hydrogen) atoms. The summed E-state index contributed by atoms with van der Waals surface area (Å²) in [6.45, 7) is 1.77. The number of benzene rings is 1. The molecule has 0 bridgehead atoms. The van der Waals surface area contributed by atoms with Crippen molar-refractivity contribution in [1.82, 2.24) is 10.6 Å². The smallest absolute Gasteiger partial charge is 0.344 e. The standard InChI is InChI=1S/C17H22F2N2O4.ClH/c1-2-24-15(22)10-25-13-5-3-12(4-6-13)7-8-20-16(23)14-9-17(18,19)11-21-14;/h3-6,14,21H,2,7-11H2,1H3,(H,20,23);1H. The zero-order valence-corrected chi connectivity index (χ0v) is 15.2. The van der Waals surface area contributed by atoms with Crippen molar-refractivity contribution in [1.29, 1.82) is 0 Å². The molecule has 1 unspecified atom stereocenters. The Morgan fingerprint density at radius 2 is 2.00 bits per heavy atom. The van der Waals surface area contributed by atoms with Gasteiger partial charge in [-0.1, -0.05) is 12.1 Å². The van der Waals surface area contributed by atoms with Crippen LogP contribution in [-0.4, -0.2) is 50.1 Å². The highest BCUT2D eigenvalue weighted by Gasteiger charge is 2.42. The van der Waals surface area contributed by atoms with E-state index in [9.17, 15) is 18.4 Å². The first-order valence-electron chi connectivity index (χ1n) is 8.16. The average Bonchev–Trinajstić information content (AvgIpc) is 2.94. The molecule has 1 aliphatic heterocycles. The van der Waals surface area contributed by atoms with Gasteiger partial charge in [-0.15, -0.1) is 12.4 Å². The highest BCUT2D eigenvalue weighted by molar-refractivity contribution is 5.85. The van der Waals surface area contributed by atoms with Crippen molar-refractivity contribution in [3.05, 3.63) is 29.8 Å². The number of rotatable bonds is 8. The normalized spacial score (nSPS) is 17.9. The number of nitrogens with one attached hydrogen (secondary N) is 2. The van der Waals surface area contributed by atoms with E-state index in [0.717, 1.165) is 5.56 Å². The van der Waals surface area contributed by atoms with Crippen LogP contribution in [-0.2, 0) is 20.7 Å². The van der Waals surface area contributed by atoms with E-state index < -0.39 is 36.8 Å². The molecule has 1 aromatic rings. The van der Waals surface area contributed by atoms with Gasteiger partial charge in [0.1, 0.15) is 5.75 Å². The number of alkyl halides is 2. The van der Waals surface area contributed by atoms with Crippen LogP contribution in [0.5, 0.6) is 5.75 Å². The Morgan fingerprint density at radius 1 is 1.31 bits per heavy atom. The van der Waals surface area contributed by atoms with Gasteiger partial charge < -0.3 is 14.8 Å². The Labute approximate surface area is 157 Å². The molecule has 0 spiro atoms. The van der Waals surface area contributed by atoms with Crippen molar-refractivity contribution in [2.75, 3.05) is 26.3 Å². The lowest BCUT2D eigenvalue weighted by Crippen LogP contribution is -2.41. The number of amides is 1. The van der Waals surface area contributed by atoms with Crippen molar-refractivity contribution in [2.45, 2.75) is 31.7 Å². The number of hydrogen-bond donors (Lipinski definition) is 2. The zero-order chi connectivity index (χ0) is 18.3. The van der Waals surface area contributed by atoms with Gasteiger partial charge in [-0.05, 0) is 31.0 Å². The van der Waals surface area contributed by atoms with Gasteiger partial charge in [-0.25, -0.2) is 13.6 Å². The second kappa shape index (κ2) is 10.3. The molecule has 0 saturated carbocycles. The van der Waals surface area contributed by atoms with E-state index in [2.05, 4.69) is 10.6 Å². The van der Waals surface area contributed by atoms with Crippen LogP contribution in [0.4, 0.5) is 8.78 Å². The van der Waals surface area contributed by atoms with E-state index in [-0.39, 0.29) is 19.0 Å². The van der Waals surface area contributed by atoms with Crippen LogP contribution >= 0.6 is 12.4 Å². The lowest BCUT2D eigenvalue weighted by molar-refractivity contribution is -0.145. The zero-order valence-electron chi connectivity index (χ0n) is 14.4. The van der Waals surface area contributed by atoms with Crippen molar-refractivity contribution < 1.29 is 27.8 Å². The number of halogens is 3. The minimum atomic E-state index is -2.82. The molecule has 146 valence electrons. The molecule has 1 heterocycles. The second-order valence-electron chi connectivity index (χ2n) is 5.77. The van der Waals surface area contributed by atoms with E-state index >= 15 is 0 Å². The Morgan fingerprint density at radius 3 is 2.58 bits per heavy atom. The number of carbonyl (C=O) groups is 2. The summed E-state index contributed by atoms with van der Waals surface area (Å²) in [7, 11) is 0. The Kier molecular flexibility index (Phi) is 8.74. The number of esters is 1. The maximum Gasteiger partial charge on any atom is 0.344 e. The molecule has 0 aliphatic carbocycles. The highest BCUT2D eigenvalue weighted by Crippen LogP contribution is 2.25. The Balaban J connectivity index is 0.00000338. The van der Waals surface area contributed by atoms with Crippen molar-refractivity contribution in [3.63, 3.8) is 0 Å². The predicted molar refractivity (Wildman–Crippen MR) is 93.9 cm³/mol. The molecule has 1 atom stereocenters. The molecule has 2 N–H and O–H groups in total. The SMILES string of the molecule is CCOC(=O)COc1ccc(CCNC(=O)C2CC(F)(F)CN2)cc1.Cl. The van der Waals surface area contributed by atoms with Crippen molar-refractivity contribution in [2.24, 2.45) is 0 Å². The second-order valence-corrected chi connectivity index (χ2v) is 5.77. The van der Waals surface area contributed by atoms with E-state index in [4.69, 9.17) is 9.47 Å². The molecule has 6 nitrogen and oxygen atoms in total. The Bertz CT molecular complexity index is 599. The van der Waals surface area contributed by atoms with Gasteiger partial charge >= 0.3 is 5.97 Å². The van der Waals surface area contributed by atoms with E-state index in [1.54, 1.807) is 19.1 Å². The third-order valence-corrected chi connectivity index (χ3v) is 3.72. The van der Waals surface area contributed by atoms with Crippen LogP contribution in [0.25, 0.3) is 0 Å². The van der Waals surface area contributed by atoms with Crippen LogP contribution < -0.4 is 15.4 Å². The number of hydrogen-bond acceptors (Lipinski definition) is 5. The fraction of sp³-hybridized carbons (Fsp3) is 0.529. The summed E-state index contributed by atoms with van der Waals surface area (Å²) in [6, 6.07) is 6.22. The summed E-state index contributed by atoms with van der Waals surface area (Å²) in [5.41, 5.74) is 0.952. The van der Waals surface area contributed by atoms with Gasteiger partial charge in [0.05, 0.1) is 19.2 Å². The molecule has 1 aromatic carbocycles. The monoisotopic (exact) mass is 392 g/mol. The van der Waals surface area contributed by atoms with Crippen molar-refractivity contribution >= 4 is 24.3 Å². The highest BCUT2D eigenvalue weighted by atomic mass is 35.5. The number of carbonyl (C=O) groups excluding carboxylic acids is 2. The first-order valence-corrected chi connectivity index (χ1v) is 8.16. The summed E-state index contributed by atoms with van der Waals surface area (Å²) in [4.78, 5) is 23.0. The summed E-state index contributed by atoms with van der Waals surface area (Å²) >= 11 is 0. The topological polar surface area (TPSA) is 76.7 Å². The molecular weight excluding hydrogens is 370 g/mol. The first kappa shape index (κ1) is 22.1. The summed E-state index contributed by atoms with van der Waals surface area (Å²) in [5, 5.41) is 5.17. The fourth-order valence-electron chi connectivity index (χ4n) is 2.45. The van der Waals surface area contributed by atoms with Gasteiger partial charge in [0.25, 0.3) is 5.92 Å². The molecule has 1 amide bonds. The van der Waals surface area contributed by atoms with Gasteiger partial charge in [-0.3, -0.25) is 10.1 Å². The van der Waals surface area contributed by atoms with E-state index in [0.29, 0.717) is 25.3 Å². The lowest BCUT2D eigenvalue weighted by Gasteiger charge is -2.11. The van der Waals surface area contributed by atoms with Crippen LogP contribution in [0.1, 0.15) is 18.9 Å². The van der Waals surface area contributed by atoms with E-state index in [1.807, 2.05) is 12.1 Å². The predicted octanol–water partition coefficient (Wildman–Crippen LogP) is 1.71. The fourth-order valence-corrected chi connectivity index (χ4v) is 2.45. The molecule has 2 rings (SSSR count). The van der Waals surface area contributed by atoms with Gasteiger partial charge in [0.2, 0.25) is 5.91 Å². The average molecular weight is 393 g/mol. The van der Waals surface area contributed by atoms with Crippen LogP contribution in [0.3, 0.4) is 0 Å². The molecule has 0 aromatic heterocycles. The van der Waals surface area contributed by atoms with Crippen molar-refractivity contribution in [3.8, 4) is 5.75 Å². The van der Waals surface area contributed by atoms with Gasteiger partial charge in [0.15, 0.2) is 6.61 Å². The summed E-state index contributed by atoms with van der Waals surface area (Å²) < 4.78 is 36.1. The first-order chi connectivity index (χ1) is 11.9. The van der Waals surface area contributed by atoms with Crippen LogP contribution in [0, 0.1) is 0 Å². The molecule has 1 fully saturated rings. The molecular formula is C17H23ClF2N2O4. The minimum absolute atomic E-state index is 0. The third-order valence-electron chi connectivity index (χ3n) is 3.72. The lowest BCUT2D eigenvalue weighted by atomic mass is 10.1.